The molecule has 1 aliphatic rings. The zero-order chi connectivity index (χ0) is 12.1. The maximum Gasteiger partial charge on any atom is 0.371 e. The first kappa shape index (κ1) is 12.2. The van der Waals surface area contributed by atoms with Crippen molar-refractivity contribution in [1.29, 1.82) is 0 Å². The van der Waals surface area contributed by atoms with E-state index in [9.17, 15) is 4.79 Å². The van der Waals surface area contributed by atoms with Crippen LogP contribution in [0.1, 0.15) is 48.4 Å². The molecule has 17 heavy (non-hydrogen) atoms. The number of carbonyl (C=O) groups is 1. The summed E-state index contributed by atoms with van der Waals surface area (Å²) in [6, 6.07) is 3.21. The maximum atomic E-state index is 10.6. The van der Waals surface area contributed by atoms with Crippen LogP contribution in [0.25, 0.3) is 0 Å². The summed E-state index contributed by atoms with van der Waals surface area (Å²) in [5.41, 5.74) is 0. The Morgan fingerprint density at radius 3 is 2.82 bits per heavy atom. The van der Waals surface area contributed by atoms with Crippen LogP contribution in [0.15, 0.2) is 16.5 Å². The molecule has 1 aliphatic carbocycles. The molecule has 1 aromatic rings. The van der Waals surface area contributed by atoms with Crippen molar-refractivity contribution < 1.29 is 14.3 Å². The van der Waals surface area contributed by atoms with Gasteiger partial charge in [-0.15, -0.1) is 0 Å². The molecule has 0 spiro atoms. The highest BCUT2D eigenvalue weighted by molar-refractivity contribution is 5.84. The van der Waals surface area contributed by atoms with Gasteiger partial charge in [0.1, 0.15) is 5.76 Å². The summed E-state index contributed by atoms with van der Waals surface area (Å²) in [5.74, 6) is 0.572. The Balaban J connectivity index is 1.65. The topological polar surface area (TPSA) is 62.5 Å². The van der Waals surface area contributed by atoms with Gasteiger partial charge in [-0.2, -0.15) is 0 Å². The summed E-state index contributed by atoms with van der Waals surface area (Å²) in [7, 11) is 0. The molecule has 4 heteroatoms. The molecule has 2 rings (SSSR count). The predicted molar refractivity (Wildman–Crippen MR) is 63.9 cm³/mol. The normalized spacial score (nSPS) is 16.5. The van der Waals surface area contributed by atoms with Crippen molar-refractivity contribution in [3.05, 3.63) is 23.7 Å². The molecule has 1 aromatic heterocycles. The van der Waals surface area contributed by atoms with Gasteiger partial charge in [-0.3, -0.25) is 0 Å². The molecule has 2 N–H and O–H groups in total. The number of furan rings is 1. The molecule has 0 atom stereocenters. The number of nitrogens with one attached hydrogen (secondary N) is 1. The fourth-order valence-electron chi connectivity index (χ4n) is 2.40. The van der Waals surface area contributed by atoms with E-state index in [4.69, 9.17) is 9.52 Å². The number of hydrogen-bond donors (Lipinski definition) is 2. The van der Waals surface area contributed by atoms with E-state index in [1.165, 1.54) is 38.2 Å². The van der Waals surface area contributed by atoms with Crippen LogP contribution in [0.5, 0.6) is 0 Å². The molecular weight excluding hydrogens is 218 g/mol. The van der Waals surface area contributed by atoms with Crippen molar-refractivity contribution in [2.45, 2.75) is 38.6 Å². The Bertz CT molecular complexity index is 366. The number of rotatable bonds is 6. The Kier molecular flexibility index (Phi) is 4.20. The van der Waals surface area contributed by atoms with E-state index in [0.717, 1.165) is 12.5 Å². The minimum absolute atomic E-state index is 0.0117. The second-order valence-corrected chi connectivity index (χ2v) is 4.69. The second-order valence-electron chi connectivity index (χ2n) is 4.69. The number of aromatic carboxylic acids is 1. The summed E-state index contributed by atoms with van der Waals surface area (Å²) in [5, 5.41) is 12.0. The van der Waals surface area contributed by atoms with Crippen molar-refractivity contribution >= 4 is 5.97 Å². The fraction of sp³-hybridized carbons (Fsp3) is 0.615. The van der Waals surface area contributed by atoms with E-state index in [0.29, 0.717) is 12.3 Å². The van der Waals surface area contributed by atoms with Crippen LogP contribution in [0.3, 0.4) is 0 Å². The van der Waals surface area contributed by atoms with E-state index >= 15 is 0 Å². The molecule has 4 nitrogen and oxygen atoms in total. The highest BCUT2D eigenvalue weighted by Crippen LogP contribution is 2.26. The van der Waals surface area contributed by atoms with E-state index in [1.807, 2.05) is 0 Å². The SMILES string of the molecule is O=C(O)c1ccc(CNCCC2CCCC2)o1. The highest BCUT2D eigenvalue weighted by atomic mass is 16.4. The average molecular weight is 237 g/mol. The average Bonchev–Trinajstić information content (AvgIpc) is 2.96. The van der Waals surface area contributed by atoms with Crippen molar-refractivity contribution in [3.63, 3.8) is 0 Å². The molecule has 0 aromatic carbocycles. The van der Waals surface area contributed by atoms with Gasteiger partial charge in [0.2, 0.25) is 5.76 Å². The van der Waals surface area contributed by atoms with Crippen LogP contribution in [-0.4, -0.2) is 17.6 Å². The number of hydrogen-bond acceptors (Lipinski definition) is 3. The third kappa shape index (κ3) is 3.60. The lowest BCUT2D eigenvalue weighted by atomic mass is 10.0. The summed E-state index contributed by atoms with van der Waals surface area (Å²) in [6.45, 7) is 1.59. The molecular formula is C13H19NO3. The third-order valence-electron chi connectivity index (χ3n) is 3.38. The smallest absolute Gasteiger partial charge is 0.371 e. The zero-order valence-corrected chi connectivity index (χ0v) is 9.95. The van der Waals surface area contributed by atoms with E-state index in [-0.39, 0.29) is 5.76 Å². The van der Waals surface area contributed by atoms with E-state index in [2.05, 4.69) is 5.32 Å². The van der Waals surface area contributed by atoms with E-state index in [1.54, 1.807) is 6.07 Å². The first-order chi connectivity index (χ1) is 8.25. The summed E-state index contributed by atoms with van der Waals surface area (Å²) >= 11 is 0. The Morgan fingerprint density at radius 2 is 2.18 bits per heavy atom. The fourth-order valence-corrected chi connectivity index (χ4v) is 2.40. The van der Waals surface area contributed by atoms with Gasteiger partial charge < -0.3 is 14.8 Å². The molecule has 0 saturated heterocycles. The standard InChI is InChI=1S/C13H19NO3/c15-13(16)12-6-5-11(17-12)9-14-8-7-10-3-1-2-4-10/h5-6,10,14H,1-4,7-9H2,(H,15,16). The molecule has 1 saturated carbocycles. The molecule has 0 amide bonds. The Hall–Kier alpha value is -1.29. The zero-order valence-electron chi connectivity index (χ0n) is 9.95. The maximum absolute atomic E-state index is 10.6. The van der Waals surface area contributed by atoms with Gasteiger partial charge in [0.15, 0.2) is 0 Å². The van der Waals surface area contributed by atoms with Crippen molar-refractivity contribution in [2.24, 2.45) is 5.92 Å². The largest absolute Gasteiger partial charge is 0.475 e. The van der Waals surface area contributed by atoms with E-state index < -0.39 is 5.97 Å². The Morgan fingerprint density at radius 1 is 1.41 bits per heavy atom. The summed E-state index contributed by atoms with van der Waals surface area (Å²) < 4.78 is 5.16. The van der Waals surface area contributed by atoms with Gasteiger partial charge in [-0.1, -0.05) is 25.7 Å². The highest BCUT2D eigenvalue weighted by Gasteiger charge is 2.14. The lowest BCUT2D eigenvalue weighted by Gasteiger charge is -2.08. The Labute approximate surface area is 101 Å². The number of carboxylic acids is 1. The molecule has 94 valence electrons. The van der Waals surface area contributed by atoms with Gasteiger partial charge >= 0.3 is 5.97 Å². The molecule has 1 heterocycles. The first-order valence-corrected chi connectivity index (χ1v) is 6.28. The van der Waals surface area contributed by atoms with Crippen molar-refractivity contribution in [2.75, 3.05) is 6.54 Å². The molecule has 0 aliphatic heterocycles. The van der Waals surface area contributed by atoms with Crippen molar-refractivity contribution in [3.8, 4) is 0 Å². The predicted octanol–water partition coefficient (Wildman–Crippen LogP) is 2.65. The van der Waals surface area contributed by atoms with Gasteiger partial charge in [0.05, 0.1) is 6.54 Å². The minimum Gasteiger partial charge on any atom is -0.475 e. The number of carboxylic acid groups (broad SMARTS) is 1. The van der Waals surface area contributed by atoms with Crippen molar-refractivity contribution in [1.82, 2.24) is 5.32 Å². The second kappa shape index (κ2) is 5.87. The van der Waals surface area contributed by atoms with Crippen LogP contribution in [0, 0.1) is 5.92 Å². The van der Waals surface area contributed by atoms with Gasteiger partial charge in [-0.05, 0) is 31.0 Å². The molecule has 1 fully saturated rings. The van der Waals surface area contributed by atoms with Crippen LogP contribution < -0.4 is 5.32 Å². The van der Waals surface area contributed by atoms with Gasteiger partial charge in [-0.25, -0.2) is 4.79 Å². The lowest BCUT2D eigenvalue weighted by Crippen LogP contribution is -2.16. The molecule has 0 unspecified atom stereocenters. The van der Waals surface area contributed by atoms with Gasteiger partial charge in [0.25, 0.3) is 0 Å². The van der Waals surface area contributed by atoms with Gasteiger partial charge in [0, 0.05) is 0 Å². The third-order valence-corrected chi connectivity index (χ3v) is 3.38. The quantitative estimate of drug-likeness (QED) is 0.747. The monoisotopic (exact) mass is 237 g/mol. The van der Waals surface area contributed by atoms with Crippen LogP contribution in [0.4, 0.5) is 0 Å². The molecule has 0 bridgehead atoms. The molecule has 0 radical (unpaired) electrons. The first-order valence-electron chi connectivity index (χ1n) is 6.28. The lowest BCUT2D eigenvalue weighted by molar-refractivity contribution is 0.0660. The summed E-state index contributed by atoms with van der Waals surface area (Å²) in [4.78, 5) is 10.6. The van der Waals surface area contributed by atoms with Crippen LogP contribution >= 0.6 is 0 Å². The summed E-state index contributed by atoms with van der Waals surface area (Å²) in [6.07, 6.45) is 6.71. The van der Waals surface area contributed by atoms with Crippen LogP contribution in [-0.2, 0) is 6.54 Å². The van der Waals surface area contributed by atoms with Crippen LogP contribution in [0.2, 0.25) is 0 Å². The minimum atomic E-state index is -1.01.